The summed E-state index contributed by atoms with van der Waals surface area (Å²) < 4.78 is 7.20. The molecule has 0 unspecified atom stereocenters. The minimum Gasteiger partial charge on any atom is -0.482 e. The average molecular weight is 562 g/mol. The van der Waals surface area contributed by atoms with E-state index in [4.69, 9.17) is 51.8 Å². The van der Waals surface area contributed by atoms with Gasteiger partial charge in [-0.25, -0.2) is 0 Å². The Kier molecular flexibility index (Phi) is 8.00. The van der Waals surface area contributed by atoms with Gasteiger partial charge < -0.3 is 10.1 Å². The summed E-state index contributed by atoms with van der Waals surface area (Å²) in [6.07, 6.45) is 0. The van der Waals surface area contributed by atoms with Crippen LogP contribution in [0, 0.1) is 6.92 Å². The van der Waals surface area contributed by atoms with Gasteiger partial charge in [-0.3, -0.25) is 10.1 Å². The van der Waals surface area contributed by atoms with E-state index in [-0.39, 0.29) is 11.7 Å². The van der Waals surface area contributed by atoms with Crippen molar-refractivity contribution in [2.75, 3.05) is 11.9 Å². The number of carbonyl (C=O) groups excluding carboxylic acids is 1. The summed E-state index contributed by atoms with van der Waals surface area (Å²) in [7, 11) is 0. The van der Waals surface area contributed by atoms with Crippen LogP contribution in [0.2, 0.25) is 15.1 Å². The number of anilines is 1. The fraction of sp³-hybridized carbons (Fsp3) is 0.125. The minimum absolute atomic E-state index is 0.0606. The number of rotatable bonds is 4. The van der Waals surface area contributed by atoms with Gasteiger partial charge in [0.1, 0.15) is 5.75 Å². The quantitative estimate of drug-likeness (QED) is 0.337. The van der Waals surface area contributed by atoms with E-state index in [9.17, 15) is 4.79 Å². The molecule has 0 fully saturated rings. The Morgan fingerprint density at radius 3 is 2.42 bits per heavy atom. The number of benzene rings is 2. The minimum atomic E-state index is -0.423. The van der Waals surface area contributed by atoms with Crippen LogP contribution in [0.15, 0.2) is 33.2 Å². The highest BCUT2D eigenvalue weighted by Gasteiger charge is 2.12. The molecule has 0 aliphatic rings. The van der Waals surface area contributed by atoms with Crippen LogP contribution in [0.3, 0.4) is 0 Å². The lowest BCUT2D eigenvalue weighted by Gasteiger charge is -2.14. The molecular weight excluding hydrogens is 550 g/mol. The number of aryl methyl sites for hydroxylation is 1. The lowest BCUT2D eigenvalue weighted by molar-refractivity contribution is -0.121. The van der Waals surface area contributed by atoms with Crippen LogP contribution in [0.5, 0.6) is 5.75 Å². The second-order valence-electron chi connectivity index (χ2n) is 5.07. The van der Waals surface area contributed by atoms with Crippen molar-refractivity contribution < 1.29 is 9.53 Å². The zero-order valence-corrected chi connectivity index (χ0v) is 19.4. The second kappa shape index (κ2) is 9.57. The highest BCUT2D eigenvalue weighted by Crippen LogP contribution is 2.33. The number of hydrogen-bond acceptors (Lipinski definition) is 3. The molecule has 0 aromatic heterocycles. The monoisotopic (exact) mass is 558 g/mol. The van der Waals surface area contributed by atoms with E-state index in [1.165, 1.54) is 12.1 Å². The van der Waals surface area contributed by atoms with Crippen molar-refractivity contribution in [1.29, 1.82) is 0 Å². The molecule has 0 bridgehead atoms. The maximum atomic E-state index is 12.0. The lowest BCUT2D eigenvalue weighted by Crippen LogP contribution is -2.37. The van der Waals surface area contributed by atoms with Crippen molar-refractivity contribution in [3.8, 4) is 5.75 Å². The second-order valence-corrected chi connectivity index (χ2v) is 8.47. The number of ether oxygens (including phenoxy) is 1. The van der Waals surface area contributed by atoms with E-state index in [0.717, 1.165) is 14.5 Å². The standard InChI is InChI=1S/C16H11Br2Cl3N2O2S/c1-7-2-8(17)3-9(18)15(7)25-6-14(24)23-16(26)22-13-5-11(20)10(19)4-12(13)21/h2-5H,6H2,1H3,(H2,22,23,24,26). The predicted octanol–water partition coefficient (Wildman–Crippen LogP) is 6.37. The largest absolute Gasteiger partial charge is 0.482 e. The van der Waals surface area contributed by atoms with Crippen molar-refractivity contribution in [2.24, 2.45) is 0 Å². The first-order valence-corrected chi connectivity index (χ1v) is 10.1. The van der Waals surface area contributed by atoms with Gasteiger partial charge in [0.25, 0.3) is 5.91 Å². The van der Waals surface area contributed by atoms with Crippen LogP contribution >= 0.6 is 78.9 Å². The molecule has 0 atom stereocenters. The van der Waals surface area contributed by atoms with E-state index < -0.39 is 5.91 Å². The zero-order valence-electron chi connectivity index (χ0n) is 13.1. The summed E-state index contributed by atoms with van der Waals surface area (Å²) in [5.41, 5.74) is 1.31. The summed E-state index contributed by atoms with van der Waals surface area (Å²) in [6.45, 7) is 1.67. The van der Waals surface area contributed by atoms with Gasteiger partial charge in [-0.1, -0.05) is 50.7 Å². The van der Waals surface area contributed by atoms with Gasteiger partial charge in [0.05, 0.1) is 25.2 Å². The molecule has 0 saturated heterocycles. The molecule has 0 aliphatic heterocycles. The summed E-state index contributed by atoms with van der Waals surface area (Å²) in [5, 5.41) is 6.31. The van der Waals surface area contributed by atoms with Crippen LogP contribution in [0.1, 0.15) is 5.56 Å². The van der Waals surface area contributed by atoms with Gasteiger partial charge >= 0.3 is 0 Å². The number of amides is 1. The third-order valence-corrected chi connectivity index (χ3v) is 5.34. The molecule has 2 rings (SSSR count). The van der Waals surface area contributed by atoms with E-state index in [2.05, 4.69) is 42.5 Å². The molecule has 26 heavy (non-hydrogen) atoms. The van der Waals surface area contributed by atoms with E-state index in [1.807, 2.05) is 19.1 Å². The molecular formula is C16H11Br2Cl3N2O2S. The lowest BCUT2D eigenvalue weighted by atomic mass is 10.2. The highest BCUT2D eigenvalue weighted by atomic mass is 79.9. The number of thiocarbonyl (C=S) groups is 1. The van der Waals surface area contributed by atoms with Crippen molar-refractivity contribution in [1.82, 2.24) is 5.32 Å². The van der Waals surface area contributed by atoms with Gasteiger partial charge in [-0.15, -0.1) is 0 Å². The summed E-state index contributed by atoms with van der Waals surface area (Å²) in [4.78, 5) is 12.0. The third kappa shape index (κ3) is 5.97. The molecule has 2 N–H and O–H groups in total. The predicted molar refractivity (Wildman–Crippen MR) is 118 cm³/mol. The molecule has 0 saturated carbocycles. The van der Waals surface area contributed by atoms with Crippen LogP contribution in [-0.2, 0) is 4.79 Å². The van der Waals surface area contributed by atoms with Crippen molar-refractivity contribution in [3.63, 3.8) is 0 Å². The van der Waals surface area contributed by atoms with Gasteiger partial charge in [0.2, 0.25) is 0 Å². The van der Waals surface area contributed by atoms with Crippen molar-refractivity contribution >= 4 is 95.6 Å². The first kappa shape index (κ1) is 21.7. The van der Waals surface area contributed by atoms with E-state index in [1.54, 1.807) is 0 Å². The Labute approximate surface area is 187 Å². The van der Waals surface area contributed by atoms with Crippen molar-refractivity contribution in [2.45, 2.75) is 6.92 Å². The molecule has 1 amide bonds. The summed E-state index contributed by atoms with van der Waals surface area (Å²) in [5.74, 6) is 0.155. The Balaban J connectivity index is 1.94. The molecule has 2 aromatic carbocycles. The molecule has 138 valence electrons. The SMILES string of the molecule is Cc1cc(Br)cc(Br)c1OCC(=O)NC(=S)Nc1cc(Cl)c(Cl)cc1Cl. The molecule has 0 radical (unpaired) electrons. The maximum absolute atomic E-state index is 12.0. The third-order valence-electron chi connectivity index (χ3n) is 3.05. The number of halogens is 5. The van der Waals surface area contributed by atoms with E-state index in [0.29, 0.717) is 26.5 Å². The molecule has 2 aromatic rings. The molecule has 0 spiro atoms. The smallest absolute Gasteiger partial charge is 0.264 e. The fourth-order valence-electron chi connectivity index (χ4n) is 1.94. The van der Waals surface area contributed by atoms with Gasteiger partial charge in [0, 0.05) is 4.47 Å². The normalized spacial score (nSPS) is 10.4. The maximum Gasteiger partial charge on any atom is 0.264 e. The molecule has 0 aliphatic carbocycles. The number of hydrogen-bond donors (Lipinski definition) is 2. The Bertz CT molecular complexity index is 858. The fourth-order valence-corrected chi connectivity index (χ4v) is 4.32. The topological polar surface area (TPSA) is 50.4 Å². The van der Waals surface area contributed by atoms with Crippen LogP contribution in [0.4, 0.5) is 5.69 Å². The number of carbonyl (C=O) groups is 1. The Morgan fingerprint density at radius 2 is 1.77 bits per heavy atom. The van der Waals surface area contributed by atoms with Crippen LogP contribution in [-0.4, -0.2) is 17.6 Å². The van der Waals surface area contributed by atoms with Gasteiger partial charge in [0.15, 0.2) is 11.7 Å². The van der Waals surface area contributed by atoms with E-state index >= 15 is 0 Å². The van der Waals surface area contributed by atoms with Crippen LogP contribution in [0.25, 0.3) is 0 Å². The number of nitrogens with one attached hydrogen (secondary N) is 2. The summed E-state index contributed by atoms with van der Waals surface area (Å²) >= 11 is 29.8. The van der Waals surface area contributed by atoms with Gasteiger partial charge in [-0.2, -0.15) is 0 Å². The van der Waals surface area contributed by atoms with Gasteiger partial charge in [-0.05, 0) is 64.9 Å². The summed E-state index contributed by atoms with van der Waals surface area (Å²) in [6, 6.07) is 6.72. The Morgan fingerprint density at radius 1 is 1.12 bits per heavy atom. The first-order valence-electron chi connectivity index (χ1n) is 7.01. The molecule has 0 heterocycles. The molecule has 10 heteroatoms. The highest BCUT2D eigenvalue weighted by molar-refractivity contribution is 9.11. The van der Waals surface area contributed by atoms with Crippen molar-refractivity contribution in [3.05, 3.63) is 53.8 Å². The van der Waals surface area contributed by atoms with Crippen LogP contribution < -0.4 is 15.4 Å². The molecule has 4 nitrogen and oxygen atoms in total. The first-order chi connectivity index (χ1) is 12.2. The zero-order chi connectivity index (χ0) is 19.4. The average Bonchev–Trinajstić information content (AvgIpc) is 2.51. The Hall–Kier alpha value is -0.570.